The van der Waals surface area contributed by atoms with Crippen LogP contribution in [0.3, 0.4) is 0 Å². The van der Waals surface area contributed by atoms with Crippen molar-refractivity contribution in [2.75, 3.05) is 6.54 Å². The number of imidazole rings is 1. The number of pyridine rings is 1. The van der Waals surface area contributed by atoms with Crippen LogP contribution in [0.4, 0.5) is 0 Å². The van der Waals surface area contributed by atoms with Crippen molar-refractivity contribution in [2.24, 2.45) is 13.0 Å². The second kappa shape index (κ2) is 6.73. The first-order valence-electron chi connectivity index (χ1n) is 6.46. The van der Waals surface area contributed by atoms with Gasteiger partial charge in [-0.05, 0) is 35.9 Å². The van der Waals surface area contributed by atoms with E-state index >= 15 is 0 Å². The molecule has 0 amide bonds. The summed E-state index contributed by atoms with van der Waals surface area (Å²) in [5, 5.41) is 5.34. The van der Waals surface area contributed by atoms with E-state index in [4.69, 9.17) is 0 Å². The maximum atomic E-state index is 4.46. The minimum absolute atomic E-state index is 0.672. The van der Waals surface area contributed by atoms with E-state index < -0.39 is 0 Å². The van der Waals surface area contributed by atoms with Crippen molar-refractivity contribution >= 4 is 11.8 Å². The van der Waals surface area contributed by atoms with Gasteiger partial charge >= 0.3 is 0 Å². The van der Waals surface area contributed by atoms with E-state index in [-0.39, 0.29) is 0 Å². The lowest BCUT2D eigenvalue weighted by Crippen LogP contribution is -2.18. The summed E-state index contributed by atoms with van der Waals surface area (Å²) in [4.78, 5) is 8.74. The van der Waals surface area contributed by atoms with Gasteiger partial charge in [-0.1, -0.05) is 19.9 Å². The molecule has 0 fully saturated rings. The summed E-state index contributed by atoms with van der Waals surface area (Å²) in [5.74, 6) is 0.672. The first kappa shape index (κ1) is 14.1. The summed E-state index contributed by atoms with van der Waals surface area (Å²) in [6.45, 7) is 6.32. The number of aromatic nitrogens is 3. The molecule has 2 aromatic heterocycles. The lowest BCUT2D eigenvalue weighted by molar-refractivity contribution is 0.551. The van der Waals surface area contributed by atoms with Gasteiger partial charge in [0.05, 0.1) is 0 Å². The molecule has 0 aliphatic heterocycles. The minimum atomic E-state index is 0.672. The standard InChI is InChI=1S/C14H20N4S/c1-11(2)8-15-9-12-4-5-13(17-10-12)19-14-16-6-7-18(14)3/h4-7,10-11,15H,8-9H2,1-3H3. The van der Waals surface area contributed by atoms with Crippen molar-refractivity contribution < 1.29 is 0 Å². The number of rotatable bonds is 6. The smallest absolute Gasteiger partial charge is 0.174 e. The zero-order chi connectivity index (χ0) is 13.7. The van der Waals surface area contributed by atoms with E-state index in [1.165, 1.54) is 5.56 Å². The maximum Gasteiger partial charge on any atom is 0.174 e. The van der Waals surface area contributed by atoms with Gasteiger partial charge in [-0.3, -0.25) is 0 Å². The molecule has 0 aromatic carbocycles. The molecule has 4 nitrogen and oxygen atoms in total. The Kier molecular flexibility index (Phi) is 4.99. The van der Waals surface area contributed by atoms with Gasteiger partial charge in [-0.15, -0.1) is 0 Å². The third kappa shape index (κ3) is 4.36. The van der Waals surface area contributed by atoms with E-state index in [9.17, 15) is 0 Å². The molecule has 2 aromatic rings. The zero-order valence-electron chi connectivity index (χ0n) is 11.6. The largest absolute Gasteiger partial charge is 0.329 e. The molecule has 0 unspecified atom stereocenters. The molecule has 0 aliphatic carbocycles. The molecule has 5 heteroatoms. The Hall–Kier alpha value is -1.33. The van der Waals surface area contributed by atoms with Crippen molar-refractivity contribution in [2.45, 2.75) is 30.6 Å². The van der Waals surface area contributed by atoms with E-state index in [1.54, 1.807) is 18.0 Å². The first-order valence-corrected chi connectivity index (χ1v) is 7.27. The van der Waals surface area contributed by atoms with Crippen molar-refractivity contribution in [3.8, 4) is 0 Å². The molecule has 19 heavy (non-hydrogen) atoms. The second-order valence-electron chi connectivity index (χ2n) is 4.95. The molecule has 0 spiro atoms. The van der Waals surface area contributed by atoms with Gasteiger partial charge in [-0.25, -0.2) is 9.97 Å². The highest BCUT2D eigenvalue weighted by atomic mass is 32.2. The van der Waals surface area contributed by atoms with Gasteiger partial charge in [-0.2, -0.15) is 0 Å². The third-order valence-electron chi connectivity index (χ3n) is 2.65. The van der Waals surface area contributed by atoms with Crippen molar-refractivity contribution in [1.29, 1.82) is 0 Å². The Balaban J connectivity index is 1.89. The lowest BCUT2D eigenvalue weighted by atomic mass is 10.2. The van der Waals surface area contributed by atoms with Gasteiger partial charge in [0.25, 0.3) is 0 Å². The predicted molar refractivity (Wildman–Crippen MR) is 78.1 cm³/mol. The normalized spacial score (nSPS) is 11.2. The number of nitrogens with zero attached hydrogens (tertiary/aromatic N) is 3. The molecule has 0 saturated heterocycles. The van der Waals surface area contributed by atoms with Crippen molar-refractivity contribution in [1.82, 2.24) is 19.9 Å². The zero-order valence-corrected chi connectivity index (χ0v) is 12.4. The van der Waals surface area contributed by atoms with Crippen LogP contribution in [-0.2, 0) is 13.6 Å². The van der Waals surface area contributed by atoms with Crippen LogP contribution in [-0.4, -0.2) is 21.1 Å². The molecule has 2 heterocycles. The molecule has 0 aliphatic rings. The Morgan fingerprint density at radius 2 is 2.16 bits per heavy atom. The fourth-order valence-electron chi connectivity index (χ4n) is 1.62. The summed E-state index contributed by atoms with van der Waals surface area (Å²) in [7, 11) is 1.99. The fourth-order valence-corrected chi connectivity index (χ4v) is 2.37. The van der Waals surface area contributed by atoms with Crippen LogP contribution in [0.25, 0.3) is 0 Å². The predicted octanol–water partition coefficient (Wildman–Crippen LogP) is 2.71. The monoisotopic (exact) mass is 276 g/mol. The number of nitrogens with one attached hydrogen (secondary N) is 1. The van der Waals surface area contributed by atoms with Gasteiger partial charge in [0.1, 0.15) is 5.03 Å². The quantitative estimate of drug-likeness (QED) is 0.881. The van der Waals surface area contributed by atoms with E-state index in [0.717, 1.165) is 23.3 Å². The highest BCUT2D eigenvalue weighted by Gasteiger charge is 2.03. The van der Waals surface area contributed by atoms with Crippen LogP contribution in [0.2, 0.25) is 0 Å². The molecular weight excluding hydrogens is 256 g/mol. The fraction of sp³-hybridized carbons (Fsp3) is 0.429. The first-order chi connectivity index (χ1) is 9.15. The van der Waals surface area contributed by atoms with Gasteiger partial charge in [0.15, 0.2) is 5.16 Å². The molecule has 102 valence electrons. The Labute approximate surface area is 118 Å². The number of aryl methyl sites for hydroxylation is 1. The van der Waals surface area contributed by atoms with Crippen molar-refractivity contribution in [3.05, 3.63) is 36.3 Å². The van der Waals surface area contributed by atoms with E-state index in [2.05, 4.69) is 35.2 Å². The average molecular weight is 276 g/mol. The average Bonchev–Trinajstić information content (AvgIpc) is 2.77. The minimum Gasteiger partial charge on any atom is -0.329 e. The Bertz CT molecular complexity index is 504. The third-order valence-corrected chi connectivity index (χ3v) is 3.68. The van der Waals surface area contributed by atoms with Crippen LogP contribution in [0.1, 0.15) is 19.4 Å². The SMILES string of the molecule is CC(C)CNCc1ccc(Sc2nccn2C)nc1. The summed E-state index contributed by atoms with van der Waals surface area (Å²) >= 11 is 1.58. The van der Waals surface area contributed by atoms with Crippen LogP contribution >= 0.6 is 11.8 Å². The Morgan fingerprint density at radius 3 is 2.74 bits per heavy atom. The summed E-state index contributed by atoms with van der Waals surface area (Å²) in [5.41, 5.74) is 1.21. The van der Waals surface area contributed by atoms with Crippen molar-refractivity contribution in [3.63, 3.8) is 0 Å². The number of hydrogen-bond donors (Lipinski definition) is 1. The molecule has 0 atom stereocenters. The molecule has 0 saturated carbocycles. The van der Waals surface area contributed by atoms with Gasteiger partial charge in [0, 0.05) is 32.2 Å². The van der Waals surface area contributed by atoms with Crippen LogP contribution in [0.5, 0.6) is 0 Å². The molecule has 0 radical (unpaired) electrons. The summed E-state index contributed by atoms with van der Waals surface area (Å²) in [6, 6.07) is 4.16. The van der Waals surface area contributed by atoms with E-state index in [1.807, 2.05) is 30.1 Å². The summed E-state index contributed by atoms with van der Waals surface area (Å²) < 4.78 is 1.99. The van der Waals surface area contributed by atoms with Gasteiger partial charge in [0.2, 0.25) is 0 Å². The molecule has 1 N–H and O–H groups in total. The highest BCUT2D eigenvalue weighted by Crippen LogP contribution is 2.23. The van der Waals surface area contributed by atoms with Crippen LogP contribution < -0.4 is 5.32 Å². The van der Waals surface area contributed by atoms with Crippen LogP contribution in [0.15, 0.2) is 40.9 Å². The van der Waals surface area contributed by atoms with Gasteiger partial charge < -0.3 is 9.88 Å². The molecule has 0 bridgehead atoms. The lowest BCUT2D eigenvalue weighted by Gasteiger charge is -2.07. The Morgan fingerprint density at radius 1 is 1.32 bits per heavy atom. The molecule has 2 rings (SSSR count). The topological polar surface area (TPSA) is 42.7 Å². The number of hydrogen-bond acceptors (Lipinski definition) is 4. The second-order valence-corrected chi connectivity index (χ2v) is 5.94. The summed E-state index contributed by atoms with van der Waals surface area (Å²) in [6.07, 6.45) is 5.66. The highest BCUT2D eigenvalue weighted by molar-refractivity contribution is 7.99. The van der Waals surface area contributed by atoms with Crippen LogP contribution in [0, 0.1) is 5.92 Å². The molecular formula is C14H20N4S. The van der Waals surface area contributed by atoms with E-state index in [0.29, 0.717) is 5.92 Å². The maximum absolute atomic E-state index is 4.46.